The van der Waals surface area contributed by atoms with Crippen LogP contribution in [-0.4, -0.2) is 24.3 Å². The van der Waals surface area contributed by atoms with Crippen LogP contribution in [0.4, 0.5) is 20.2 Å². The molecule has 0 spiro atoms. The van der Waals surface area contributed by atoms with E-state index in [1.165, 1.54) is 0 Å². The topological polar surface area (TPSA) is 49.5 Å². The van der Waals surface area contributed by atoms with E-state index < -0.39 is 11.6 Å². The Morgan fingerprint density at radius 2 is 1.83 bits per heavy atom. The van der Waals surface area contributed by atoms with Crippen molar-refractivity contribution in [3.63, 3.8) is 0 Å². The standard InChI is InChI=1S/C13H16F2N2O/c14-10-3-8(16)4-11(15)13(10)17-5-7-1-2-12(18)9(7)6-17/h3-4,7,9,12,18H,1-2,5-6,16H2. The fourth-order valence-corrected chi connectivity index (χ4v) is 3.31. The van der Waals surface area contributed by atoms with Gasteiger partial charge >= 0.3 is 0 Å². The Morgan fingerprint density at radius 3 is 2.44 bits per heavy atom. The minimum Gasteiger partial charge on any atom is -0.399 e. The van der Waals surface area contributed by atoms with Crippen LogP contribution in [0.3, 0.4) is 0 Å². The molecule has 0 aromatic heterocycles. The molecule has 1 aromatic rings. The van der Waals surface area contributed by atoms with Crippen molar-refractivity contribution in [3.05, 3.63) is 23.8 Å². The number of hydrogen-bond donors (Lipinski definition) is 2. The van der Waals surface area contributed by atoms with Gasteiger partial charge in [-0.05, 0) is 30.9 Å². The zero-order valence-electron chi connectivity index (χ0n) is 9.94. The molecule has 1 saturated carbocycles. The van der Waals surface area contributed by atoms with Gasteiger partial charge in [-0.15, -0.1) is 0 Å². The number of hydrogen-bond acceptors (Lipinski definition) is 3. The van der Waals surface area contributed by atoms with Crippen molar-refractivity contribution in [1.82, 2.24) is 0 Å². The third-order valence-corrected chi connectivity index (χ3v) is 4.17. The van der Waals surface area contributed by atoms with E-state index in [-0.39, 0.29) is 23.4 Å². The minimum atomic E-state index is -0.623. The van der Waals surface area contributed by atoms with E-state index in [0.717, 1.165) is 25.0 Å². The number of aliphatic hydroxyl groups is 1. The maximum Gasteiger partial charge on any atom is 0.151 e. The lowest BCUT2D eigenvalue weighted by molar-refractivity contribution is 0.133. The van der Waals surface area contributed by atoms with Gasteiger partial charge in [-0.2, -0.15) is 0 Å². The maximum absolute atomic E-state index is 13.8. The van der Waals surface area contributed by atoms with Crippen LogP contribution in [0.1, 0.15) is 12.8 Å². The summed E-state index contributed by atoms with van der Waals surface area (Å²) >= 11 is 0. The predicted molar refractivity (Wildman–Crippen MR) is 65.2 cm³/mol. The van der Waals surface area contributed by atoms with Crippen LogP contribution in [0.15, 0.2) is 12.1 Å². The number of anilines is 2. The van der Waals surface area contributed by atoms with Crippen molar-refractivity contribution in [3.8, 4) is 0 Å². The van der Waals surface area contributed by atoms with Crippen molar-refractivity contribution < 1.29 is 13.9 Å². The molecule has 1 aliphatic heterocycles. The summed E-state index contributed by atoms with van der Waals surface area (Å²) in [5, 5.41) is 9.81. The first-order valence-electron chi connectivity index (χ1n) is 6.24. The number of aliphatic hydroxyl groups excluding tert-OH is 1. The van der Waals surface area contributed by atoms with Crippen LogP contribution in [0.25, 0.3) is 0 Å². The number of nitrogen functional groups attached to an aromatic ring is 1. The molecule has 2 aliphatic rings. The lowest BCUT2D eigenvalue weighted by Gasteiger charge is -2.21. The Morgan fingerprint density at radius 1 is 1.17 bits per heavy atom. The van der Waals surface area contributed by atoms with E-state index in [4.69, 9.17) is 5.73 Å². The fraction of sp³-hybridized carbons (Fsp3) is 0.538. The zero-order chi connectivity index (χ0) is 12.9. The highest BCUT2D eigenvalue weighted by Crippen LogP contribution is 2.41. The van der Waals surface area contributed by atoms with Gasteiger partial charge in [0.05, 0.1) is 6.10 Å². The molecule has 1 saturated heterocycles. The zero-order valence-corrected chi connectivity index (χ0v) is 9.94. The van der Waals surface area contributed by atoms with E-state index in [1.807, 2.05) is 0 Å². The summed E-state index contributed by atoms with van der Waals surface area (Å²) in [7, 11) is 0. The van der Waals surface area contributed by atoms with E-state index in [2.05, 4.69) is 0 Å². The van der Waals surface area contributed by atoms with Crippen LogP contribution < -0.4 is 10.6 Å². The Balaban J connectivity index is 1.89. The van der Waals surface area contributed by atoms with Crippen LogP contribution in [0.2, 0.25) is 0 Å². The maximum atomic E-state index is 13.8. The van der Waals surface area contributed by atoms with Crippen LogP contribution in [0, 0.1) is 23.5 Å². The fourth-order valence-electron chi connectivity index (χ4n) is 3.31. The SMILES string of the molecule is Nc1cc(F)c(N2CC3CCC(O)C3C2)c(F)c1. The molecule has 0 bridgehead atoms. The molecule has 3 unspecified atom stereocenters. The second kappa shape index (κ2) is 4.09. The van der Waals surface area contributed by atoms with Crippen molar-refractivity contribution in [2.45, 2.75) is 18.9 Å². The van der Waals surface area contributed by atoms with Crippen molar-refractivity contribution in [1.29, 1.82) is 0 Å². The van der Waals surface area contributed by atoms with Crippen molar-refractivity contribution >= 4 is 11.4 Å². The van der Waals surface area contributed by atoms with Gasteiger partial charge in [-0.1, -0.05) is 0 Å². The number of benzene rings is 1. The summed E-state index contributed by atoms with van der Waals surface area (Å²) in [5.41, 5.74) is 5.48. The summed E-state index contributed by atoms with van der Waals surface area (Å²) in [4.78, 5) is 1.70. The first kappa shape index (κ1) is 11.7. The monoisotopic (exact) mass is 254 g/mol. The predicted octanol–water partition coefficient (Wildman–Crippen LogP) is 1.75. The lowest BCUT2D eigenvalue weighted by Crippen LogP contribution is -2.26. The summed E-state index contributed by atoms with van der Waals surface area (Å²) in [6.07, 6.45) is 1.40. The molecule has 3 rings (SSSR count). The molecule has 98 valence electrons. The normalized spacial score (nSPS) is 30.8. The summed E-state index contributed by atoms with van der Waals surface area (Å²) < 4.78 is 27.6. The van der Waals surface area contributed by atoms with Gasteiger partial charge in [0.15, 0.2) is 11.6 Å². The molecular weight excluding hydrogens is 238 g/mol. The summed E-state index contributed by atoms with van der Waals surface area (Å²) in [5.74, 6) is -0.762. The number of fused-ring (bicyclic) bond motifs is 1. The third-order valence-electron chi connectivity index (χ3n) is 4.17. The molecule has 2 fully saturated rings. The van der Waals surface area contributed by atoms with Crippen LogP contribution in [-0.2, 0) is 0 Å². The minimum absolute atomic E-state index is 0.00852. The Labute approximate surface area is 104 Å². The second-order valence-corrected chi connectivity index (χ2v) is 5.31. The molecule has 1 aliphatic carbocycles. The molecule has 3 nitrogen and oxygen atoms in total. The average Bonchev–Trinajstić information content (AvgIpc) is 2.80. The van der Waals surface area contributed by atoms with Gasteiger partial charge in [0, 0.05) is 24.7 Å². The molecule has 0 amide bonds. The highest BCUT2D eigenvalue weighted by molar-refractivity contribution is 5.56. The summed E-state index contributed by atoms with van der Waals surface area (Å²) in [6, 6.07) is 2.28. The number of nitrogens with zero attached hydrogens (tertiary/aromatic N) is 1. The average molecular weight is 254 g/mol. The first-order valence-corrected chi connectivity index (χ1v) is 6.24. The summed E-state index contributed by atoms with van der Waals surface area (Å²) in [6.45, 7) is 1.13. The lowest BCUT2D eigenvalue weighted by atomic mass is 10.00. The highest BCUT2D eigenvalue weighted by Gasteiger charge is 2.42. The van der Waals surface area contributed by atoms with Crippen molar-refractivity contribution in [2.75, 3.05) is 23.7 Å². The van der Waals surface area contributed by atoms with E-state index in [0.29, 0.717) is 19.0 Å². The third kappa shape index (κ3) is 1.73. The molecule has 1 aromatic carbocycles. The Hall–Kier alpha value is -1.36. The van der Waals surface area contributed by atoms with E-state index >= 15 is 0 Å². The first-order chi connectivity index (χ1) is 8.56. The molecule has 3 N–H and O–H groups in total. The Kier molecular flexibility index (Phi) is 2.66. The van der Waals surface area contributed by atoms with Gasteiger partial charge in [0.2, 0.25) is 0 Å². The molecule has 1 heterocycles. The van der Waals surface area contributed by atoms with Gasteiger partial charge in [-0.25, -0.2) is 8.78 Å². The largest absolute Gasteiger partial charge is 0.399 e. The molecule has 5 heteroatoms. The molecular formula is C13H16F2N2O. The quantitative estimate of drug-likeness (QED) is 0.751. The van der Waals surface area contributed by atoms with Crippen LogP contribution >= 0.6 is 0 Å². The number of rotatable bonds is 1. The van der Waals surface area contributed by atoms with Crippen molar-refractivity contribution in [2.24, 2.45) is 11.8 Å². The number of halogens is 2. The smallest absolute Gasteiger partial charge is 0.151 e. The molecule has 18 heavy (non-hydrogen) atoms. The van der Waals surface area contributed by atoms with Gasteiger partial charge in [-0.3, -0.25) is 0 Å². The van der Waals surface area contributed by atoms with E-state index in [1.54, 1.807) is 4.90 Å². The molecule has 3 atom stereocenters. The van der Waals surface area contributed by atoms with Crippen LogP contribution in [0.5, 0.6) is 0 Å². The number of nitrogens with two attached hydrogens (primary N) is 1. The van der Waals surface area contributed by atoms with E-state index in [9.17, 15) is 13.9 Å². The Bertz CT molecular complexity index is 457. The second-order valence-electron chi connectivity index (χ2n) is 5.31. The van der Waals surface area contributed by atoms with Gasteiger partial charge in [0.1, 0.15) is 5.69 Å². The van der Waals surface area contributed by atoms with Gasteiger partial charge < -0.3 is 15.7 Å². The molecule has 0 radical (unpaired) electrons. The van der Waals surface area contributed by atoms with Gasteiger partial charge in [0.25, 0.3) is 0 Å². The highest BCUT2D eigenvalue weighted by atomic mass is 19.1.